The molecule has 1 amide bonds. The molecule has 0 radical (unpaired) electrons. The Kier molecular flexibility index (Phi) is 7.34. The maximum Gasteiger partial charge on any atom is 0.220 e. The van der Waals surface area contributed by atoms with Crippen LogP contribution in [0.1, 0.15) is 40.0 Å². The van der Waals surface area contributed by atoms with Crippen molar-refractivity contribution in [3.63, 3.8) is 0 Å². The monoisotopic (exact) mass is 231 g/mol. The Morgan fingerprint density at radius 2 is 2.12 bits per heavy atom. The lowest BCUT2D eigenvalue weighted by molar-refractivity contribution is -0.122. The molecule has 0 aromatic carbocycles. The molecule has 0 saturated carbocycles. The Balaban J connectivity index is 3.72. The number of nitrogens with one attached hydrogen (secondary N) is 1. The van der Waals surface area contributed by atoms with E-state index in [4.69, 9.17) is 4.74 Å². The number of amides is 1. The predicted molar refractivity (Wildman–Crippen MR) is 64.2 cm³/mol. The summed E-state index contributed by atoms with van der Waals surface area (Å²) >= 11 is 0. The van der Waals surface area contributed by atoms with Crippen LogP contribution < -0.4 is 5.32 Å². The fraction of sp³-hybridized carbons (Fsp3) is 0.917. The summed E-state index contributed by atoms with van der Waals surface area (Å²) in [4.78, 5) is 11.4. The lowest BCUT2D eigenvalue weighted by atomic mass is 9.94. The lowest BCUT2D eigenvalue weighted by Gasteiger charge is -2.25. The van der Waals surface area contributed by atoms with Gasteiger partial charge < -0.3 is 15.2 Å². The molecule has 16 heavy (non-hydrogen) atoms. The second-order valence-corrected chi connectivity index (χ2v) is 4.97. The minimum Gasteiger partial charge on any atom is -0.388 e. The molecule has 0 fully saturated rings. The van der Waals surface area contributed by atoms with Crippen LogP contribution in [0.15, 0.2) is 0 Å². The molecule has 0 aromatic rings. The highest BCUT2D eigenvalue weighted by atomic mass is 16.5. The van der Waals surface area contributed by atoms with Crippen LogP contribution in [0.3, 0.4) is 0 Å². The average Bonchev–Trinajstić information content (AvgIpc) is 2.13. The Labute approximate surface area is 98.4 Å². The molecule has 4 nitrogen and oxygen atoms in total. The zero-order valence-electron chi connectivity index (χ0n) is 10.9. The van der Waals surface area contributed by atoms with Crippen molar-refractivity contribution in [1.29, 1.82) is 0 Å². The van der Waals surface area contributed by atoms with Gasteiger partial charge >= 0.3 is 0 Å². The van der Waals surface area contributed by atoms with E-state index >= 15 is 0 Å². The second-order valence-electron chi connectivity index (χ2n) is 4.97. The molecule has 0 aliphatic heterocycles. The van der Waals surface area contributed by atoms with Crippen LogP contribution in [-0.2, 0) is 9.53 Å². The number of hydrogen-bond donors (Lipinski definition) is 2. The van der Waals surface area contributed by atoms with Crippen molar-refractivity contribution in [2.75, 3.05) is 20.3 Å². The topological polar surface area (TPSA) is 58.6 Å². The van der Waals surface area contributed by atoms with E-state index < -0.39 is 5.60 Å². The normalized spacial score (nSPS) is 14.9. The van der Waals surface area contributed by atoms with Crippen LogP contribution in [0.25, 0.3) is 0 Å². The molecular weight excluding hydrogens is 206 g/mol. The average molecular weight is 231 g/mol. The first-order valence-corrected chi connectivity index (χ1v) is 5.85. The van der Waals surface area contributed by atoms with Crippen molar-refractivity contribution < 1.29 is 14.6 Å². The van der Waals surface area contributed by atoms with Crippen LogP contribution in [0, 0.1) is 5.92 Å². The first-order valence-electron chi connectivity index (χ1n) is 5.85. The Morgan fingerprint density at radius 3 is 2.62 bits per heavy atom. The molecule has 0 aromatic heterocycles. The third-order valence-electron chi connectivity index (χ3n) is 2.27. The number of carbonyl (C=O) groups is 1. The van der Waals surface area contributed by atoms with Gasteiger partial charge in [0.1, 0.15) is 0 Å². The van der Waals surface area contributed by atoms with Gasteiger partial charge in [-0.25, -0.2) is 0 Å². The van der Waals surface area contributed by atoms with E-state index in [2.05, 4.69) is 19.2 Å². The maximum absolute atomic E-state index is 11.4. The highest BCUT2D eigenvalue weighted by Gasteiger charge is 2.22. The number of hydrogen-bond acceptors (Lipinski definition) is 3. The van der Waals surface area contributed by atoms with Crippen molar-refractivity contribution in [3.8, 4) is 0 Å². The van der Waals surface area contributed by atoms with Crippen molar-refractivity contribution in [2.45, 2.75) is 45.6 Å². The number of rotatable bonds is 8. The third kappa shape index (κ3) is 8.68. The van der Waals surface area contributed by atoms with Gasteiger partial charge in [0.05, 0.1) is 5.60 Å². The van der Waals surface area contributed by atoms with Crippen molar-refractivity contribution in [3.05, 3.63) is 0 Å². The van der Waals surface area contributed by atoms with Crippen molar-refractivity contribution in [1.82, 2.24) is 5.32 Å². The fourth-order valence-electron chi connectivity index (χ4n) is 1.71. The standard InChI is InChI=1S/C12H25NO3/c1-10(2)8-12(3,15)9-13-11(14)6-5-7-16-4/h10,15H,5-9H2,1-4H3,(H,13,14). The molecule has 0 spiro atoms. The minimum absolute atomic E-state index is 0.0268. The van der Waals surface area contributed by atoms with E-state index in [9.17, 15) is 9.90 Å². The Hall–Kier alpha value is -0.610. The molecule has 0 aliphatic carbocycles. The van der Waals surface area contributed by atoms with Crippen LogP contribution in [-0.4, -0.2) is 36.9 Å². The molecule has 4 heteroatoms. The zero-order valence-corrected chi connectivity index (χ0v) is 10.9. The van der Waals surface area contributed by atoms with E-state index in [0.29, 0.717) is 38.3 Å². The van der Waals surface area contributed by atoms with Crippen molar-refractivity contribution in [2.24, 2.45) is 5.92 Å². The van der Waals surface area contributed by atoms with Crippen LogP contribution in [0.4, 0.5) is 0 Å². The van der Waals surface area contributed by atoms with E-state index in [1.165, 1.54) is 0 Å². The molecule has 2 N–H and O–H groups in total. The van der Waals surface area contributed by atoms with Gasteiger partial charge in [-0.2, -0.15) is 0 Å². The summed E-state index contributed by atoms with van der Waals surface area (Å²) in [7, 11) is 1.62. The third-order valence-corrected chi connectivity index (χ3v) is 2.27. The Morgan fingerprint density at radius 1 is 1.50 bits per heavy atom. The summed E-state index contributed by atoms with van der Waals surface area (Å²) in [5.41, 5.74) is -0.814. The van der Waals surface area contributed by atoms with Crippen LogP contribution in [0.5, 0.6) is 0 Å². The van der Waals surface area contributed by atoms with Gasteiger partial charge in [-0.3, -0.25) is 4.79 Å². The zero-order chi connectivity index (χ0) is 12.6. The van der Waals surface area contributed by atoms with Gasteiger partial charge in [0.15, 0.2) is 0 Å². The summed E-state index contributed by atoms with van der Waals surface area (Å²) in [5.74, 6) is 0.390. The number of ether oxygens (including phenoxy) is 1. The lowest BCUT2D eigenvalue weighted by Crippen LogP contribution is -2.41. The molecule has 1 unspecified atom stereocenters. The molecule has 96 valence electrons. The summed E-state index contributed by atoms with van der Waals surface area (Å²) in [5, 5.41) is 12.7. The van der Waals surface area contributed by atoms with Gasteiger partial charge in [0.25, 0.3) is 0 Å². The van der Waals surface area contributed by atoms with Crippen LogP contribution >= 0.6 is 0 Å². The van der Waals surface area contributed by atoms with Gasteiger partial charge in [-0.1, -0.05) is 13.8 Å². The first-order chi connectivity index (χ1) is 7.37. The first kappa shape index (κ1) is 15.4. The number of methoxy groups -OCH3 is 1. The molecule has 1 atom stereocenters. The summed E-state index contributed by atoms with van der Waals surface area (Å²) in [6.07, 6.45) is 1.85. The predicted octanol–water partition coefficient (Wildman–Crippen LogP) is 1.33. The molecular formula is C12H25NO3. The number of carbonyl (C=O) groups excluding carboxylic acids is 1. The largest absolute Gasteiger partial charge is 0.388 e. The smallest absolute Gasteiger partial charge is 0.220 e. The highest BCUT2D eigenvalue weighted by molar-refractivity contribution is 5.75. The Bertz CT molecular complexity index is 202. The summed E-state index contributed by atoms with van der Waals surface area (Å²) in [6, 6.07) is 0. The number of aliphatic hydroxyl groups is 1. The summed E-state index contributed by atoms with van der Waals surface area (Å²) < 4.78 is 4.86. The van der Waals surface area contributed by atoms with E-state index in [1.807, 2.05) is 0 Å². The van der Waals surface area contributed by atoms with Gasteiger partial charge in [-0.05, 0) is 25.7 Å². The molecule has 0 saturated heterocycles. The van der Waals surface area contributed by atoms with Gasteiger partial charge in [0.2, 0.25) is 5.91 Å². The van der Waals surface area contributed by atoms with E-state index in [0.717, 1.165) is 0 Å². The second kappa shape index (κ2) is 7.63. The summed E-state index contributed by atoms with van der Waals surface area (Å²) in [6.45, 7) is 6.76. The van der Waals surface area contributed by atoms with Crippen LogP contribution in [0.2, 0.25) is 0 Å². The van der Waals surface area contributed by atoms with E-state index in [1.54, 1.807) is 14.0 Å². The quantitative estimate of drug-likeness (QED) is 0.620. The molecule has 0 bridgehead atoms. The molecule has 0 heterocycles. The molecule has 0 rings (SSSR count). The minimum atomic E-state index is -0.814. The molecule has 0 aliphatic rings. The van der Waals surface area contributed by atoms with Gasteiger partial charge in [0, 0.05) is 26.7 Å². The highest BCUT2D eigenvalue weighted by Crippen LogP contribution is 2.14. The van der Waals surface area contributed by atoms with Gasteiger partial charge in [-0.15, -0.1) is 0 Å². The SMILES string of the molecule is COCCCC(=O)NCC(C)(O)CC(C)C. The van der Waals surface area contributed by atoms with Crippen molar-refractivity contribution >= 4 is 5.91 Å². The fourth-order valence-corrected chi connectivity index (χ4v) is 1.71. The maximum atomic E-state index is 11.4. The van der Waals surface area contributed by atoms with E-state index in [-0.39, 0.29) is 5.91 Å².